The molecule has 1 nitrogen and oxygen atoms in total. The molecule has 0 radical (unpaired) electrons. The Labute approximate surface area is 291 Å². The van der Waals surface area contributed by atoms with Crippen molar-refractivity contribution in [1.82, 2.24) is 0 Å². The zero-order valence-electron chi connectivity index (χ0n) is 34.3. The van der Waals surface area contributed by atoms with Gasteiger partial charge >= 0.3 is 0 Å². The van der Waals surface area contributed by atoms with Crippen LogP contribution in [0.5, 0.6) is 0 Å². The molecule has 0 N–H and O–H groups in total. The van der Waals surface area contributed by atoms with E-state index in [-0.39, 0.29) is 51.1 Å². The average molecular weight is 621 g/mol. The van der Waals surface area contributed by atoms with Crippen LogP contribution in [0, 0.1) is 0 Å². The largest absolute Gasteiger partial charge is 0.456 e. The SMILES string of the molecule is [2H]c1c([2H])c([2H])c2c(-c3ccc4c(c3)C(C)(C)c3ccccc3-4)c3c([2H])c([2H])c([2H])c([2H])c3c(-c3ccc(-c4cccc5oc6ccccc6c45)cc3)c2c1[2H]. The fourth-order valence-corrected chi connectivity index (χ4v) is 7.89. The predicted octanol–water partition coefficient (Wildman–Crippen LogP) is 13.2. The molecule has 1 heterocycles. The monoisotopic (exact) mass is 620 g/mol. The molecule has 1 aromatic heterocycles. The van der Waals surface area contributed by atoms with Crippen LogP contribution in [-0.2, 0) is 5.41 Å². The van der Waals surface area contributed by atoms with E-state index in [2.05, 4.69) is 26.0 Å². The smallest absolute Gasteiger partial charge is 0.136 e. The van der Waals surface area contributed by atoms with Gasteiger partial charge < -0.3 is 4.42 Å². The number of para-hydroxylation sites is 1. The maximum atomic E-state index is 9.39. The molecule has 48 heavy (non-hydrogen) atoms. The van der Waals surface area contributed by atoms with Crippen LogP contribution < -0.4 is 0 Å². The lowest BCUT2D eigenvalue weighted by atomic mass is 9.80. The minimum absolute atomic E-state index is 0.197. The van der Waals surface area contributed by atoms with E-state index in [1.807, 2.05) is 97.1 Å². The normalized spacial score (nSPS) is 15.7. The summed E-state index contributed by atoms with van der Waals surface area (Å²) in [6, 6.07) is 32.8. The molecular weight excluding hydrogens is 581 g/mol. The lowest BCUT2D eigenvalue weighted by molar-refractivity contribution is 0.660. The van der Waals surface area contributed by atoms with Crippen molar-refractivity contribution in [3.63, 3.8) is 0 Å². The minimum atomic E-state index is -0.421. The molecule has 0 amide bonds. The fourth-order valence-electron chi connectivity index (χ4n) is 7.89. The second kappa shape index (κ2) is 10.0. The van der Waals surface area contributed by atoms with Crippen molar-refractivity contribution in [2.75, 3.05) is 0 Å². The van der Waals surface area contributed by atoms with Crippen LogP contribution in [0.2, 0.25) is 0 Å². The highest BCUT2D eigenvalue weighted by atomic mass is 16.3. The quantitative estimate of drug-likeness (QED) is 0.179. The Kier molecular flexibility index (Phi) is 4.25. The molecule has 10 rings (SSSR count). The first-order chi connectivity index (χ1) is 26.9. The van der Waals surface area contributed by atoms with Crippen molar-refractivity contribution in [2.45, 2.75) is 19.3 Å². The Balaban J connectivity index is 1.31. The molecule has 0 fully saturated rings. The summed E-state index contributed by atoms with van der Waals surface area (Å²) in [5.74, 6) is 0. The van der Waals surface area contributed by atoms with E-state index < -0.39 is 24.2 Å². The number of fused-ring (bicyclic) bond motifs is 8. The van der Waals surface area contributed by atoms with Crippen LogP contribution in [0.4, 0.5) is 0 Å². The van der Waals surface area contributed by atoms with Crippen LogP contribution >= 0.6 is 0 Å². The van der Waals surface area contributed by atoms with Gasteiger partial charge in [-0.2, -0.15) is 0 Å². The molecular formula is C47H32O. The van der Waals surface area contributed by atoms with E-state index in [0.29, 0.717) is 22.3 Å². The molecule has 0 saturated carbocycles. The van der Waals surface area contributed by atoms with Crippen molar-refractivity contribution >= 4 is 43.5 Å². The predicted molar refractivity (Wildman–Crippen MR) is 203 cm³/mol. The summed E-state index contributed by atoms with van der Waals surface area (Å²) in [6.07, 6.45) is 0. The second-order valence-electron chi connectivity index (χ2n) is 13.0. The third-order valence-corrected chi connectivity index (χ3v) is 10.1. The standard InChI is InChI=1S/C47H32O/c1-47(2)40-19-9-7-12-33(40)34-27-26-31(28-41(34)47)45-37-15-5-3-13-35(37)44(36-14-4-6-16-38(36)45)30-24-22-29(23-25-30)32-18-11-21-43-46(32)39-17-8-10-20-42(39)48-43/h3-28H,1-2H3/i3D,4D,5D,6D,13D,14D,15D,16D. The van der Waals surface area contributed by atoms with E-state index >= 15 is 0 Å². The van der Waals surface area contributed by atoms with Gasteiger partial charge in [0.05, 0.1) is 11.0 Å². The van der Waals surface area contributed by atoms with Crippen molar-refractivity contribution in [1.29, 1.82) is 0 Å². The minimum Gasteiger partial charge on any atom is -0.456 e. The first-order valence-corrected chi connectivity index (χ1v) is 16.1. The molecule has 1 aliphatic rings. The number of hydrogen-bond acceptors (Lipinski definition) is 1. The summed E-state index contributed by atoms with van der Waals surface area (Å²) < 4.78 is 79.0. The van der Waals surface area contributed by atoms with Gasteiger partial charge in [-0.25, -0.2) is 0 Å². The number of furan rings is 1. The molecule has 9 aromatic rings. The number of rotatable bonds is 3. The highest BCUT2D eigenvalue weighted by molar-refractivity contribution is 6.21. The Hall–Kier alpha value is -5.92. The van der Waals surface area contributed by atoms with Crippen molar-refractivity contribution in [3.05, 3.63) is 169 Å². The third-order valence-electron chi connectivity index (χ3n) is 10.1. The molecule has 0 saturated heterocycles. The Morgan fingerprint density at radius 2 is 1.00 bits per heavy atom. The molecule has 0 unspecified atom stereocenters. The van der Waals surface area contributed by atoms with Gasteiger partial charge in [0.2, 0.25) is 0 Å². The summed E-state index contributed by atoms with van der Waals surface area (Å²) in [5, 5.41) is 2.76. The summed E-state index contributed by atoms with van der Waals surface area (Å²) in [4.78, 5) is 0. The second-order valence-corrected chi connectivity index (χ2v) is 13.0. The average Bonchev–Trinajstić information content (AvgIpc) is 3.71. The molecule has 0 aliphatic heterocycles. The van der Waals surface area contributed by atoms with E-state index in [1.165, 1.54) is 5.56 Å². The lowest BCUT2D eigenvalue weighted by Crippen LogP contribution is -2.14. The maximum absolute atomic E-state index is 9.39. The highest BCUT2D eigenvalue weighted by Crippen LogP contribution is 2.51. The van der Waals surface area contributed by atoms with Crippen LogP contribution in [0.1, 0.15) is 35.9 Å². The van der Waals surface area contributed by atoms with Gasteiger partial charge in [0.1, 0.15) is 11.2 Å². The van der Waals surface area contributed by atoms with Gasteiger partial charge in [-0.15, -0.1) is 0 Å². The summed E-state index contributed by atoms with van der Waals surface area (Å²) in [6.45, 7) is 4.30. The van der Waals surface area contributed by atoms with Crippen LogP contribution in [0.15, 0.2) is 162 Å². The van der Waals surface area contributed by atoms with Gasteiger partial charge in [0, 0.05) is 16.2 Å². The molecule has 0 spiro atoms. The van der Waals surface area contributed by atoms with E-state index in [4.69, 9.17) is 9.90 Å². The van der Waals surface area contributed by atoms with Crippen molar-refractivity contribution in [2.24, 2.45) is 0 Å². The van der Waals surface area contributed by atoms with Gasteiger partial charge in [0.15, 0.2) is 0 Å². The number of hydrogen-bond donors (Lipinski definition) is 0. The zero-order chi connectivity index (χ0) is 38.9. The van der Waals surface area contributed by atoms with Gasteiger partial charge in [-0.05, 0) is 95.4 Å². The van der Waals surface area contributed by atoms with Gasteiger partial charge in [-0.3, -0.25) is 0 Å². The topological polar surface area (TPSA) is 13.1 Å². The number of benzene rings is 8. The van der Waals surface area contributed by atoms with Gasteiger partial charge in [-0.1, -0.05) is 153 Å². The summed E-state index contributed by atoms with van der Waals surface area (Å²) in [5.41, 5.74) is 9.20. The summed E-state index contributed by atoms with van der Waals surface area (Å²) >= 11 is 0. The van der Waals surface area contributed by atoms with Crippen LogP contribution in [-0.4, -0.2) is 0 Å². The maximum Gasteiger partial charge on any atom is 0.136 e. The van der Waals surface area contributed by atoms with Crippen LogP contribution in [0.3, 0.4) is 0 Å². The first kappa shape index (κ1) is 20.3. The van der Waals surface area contributed by atoms with E-state index in [1.54, 1.807) is 0 Å². The van der Waals surface area contributed by atoms with E-state index in [9.17, 15) is 5.48 Å². The molecule has 226 valence electrons. The molecule has 0 bridgehead atoms. The van der Waals surface area contributed by atoms with Crippen LogP contribution in [0.25, 0.3) is 88.0 Å². The zero-order valence-corrected chi connectivity index (χ0v) is 26.3. The molecule has 1 heteroatoms. The lowest BCUT2D eigenvalue weighted by Gasteiger charge is -2.23. The van der Waals surface area contributed by atoms with Gasteiger partial charge in [0.25, 0.3) is 0 Å². The highest BCUT2D eigenvalue weighted by Gasteiger charge is 2.35. The summed E-state index contributed by atoms with van der Waals surface area (Å²) in [7, 11) is 0. The fraction of sp³-hybridized carbons (Fsp3) is 0.0638. The first-order valence-electron chi connectivity index (χ1n) is 20.1. The Morgan fingerprint density at radius 1 is 0.458 bits per heavy atom. The molecule has 8 aromatic carbocycles. The third kappa shape index (κ3) is 3.79. The Morgan fingerprint density at radius 3 is 1.73 bits per heavy atom. The molecule has 0 atom stereocenters. The Bertz CT molecular complexity index is 3110. The molecule has 1 aliphatic carbocycles. The van der Waals surface area contributed by atoms with E-state index in [0.717, 1.165) is 49.8 Å². The van der Waals surface area contributed by atoms with Crippen molar-refractivity contribution in [3.8, 4) is 44.5 Å². The van der Waals surface area contributed by atoms with Crippen molar-refractivity contribution < 1.29 is 15.4 Å².